The van der Waals surface area contributed by atoms with Crippen molar-refractivity contribution in [2.45, 2.75) is 20.4 Å². The molecular weight excluding hydrogens is 348 g/mol. The Hall–Kier alpha value is -2.05. The second-order valence-corrected chi connectivity index (χ2v) is 8.45. The molecule has 3 rings (SSSR count). The number of hydrogen-bond donors (Lipinski definition) is 1. The highest BCUT2D eigenvalue weighted by Gasteiger charge is 2.26. The molecule has 5 nitrogen and oxygen atoms in total. The molecule has 0 fully saturated rings. The van der Waals surface area contributed by atoms with Crippen molar-refractivity contribution in [1.29, 1.82) is 0 Å². The number of aryl methyl sites for hydroxylation is 1. The zero-order valence-corrected chi connectivity index (χ0v) is 16.6. The molecule has 1 aromatic carbocycles. The maximum absolute atomic E-state index is 12.8. The Bertz CT molecular complexity index is 800. The predicted molar refractivity (Wildman–Crippen MR) is 105 cm³/mol. The van der Waals surface area contributed by atoms with Crippen LogP contribution in [-0.2, 0) is 11.3 Å². The molecule has 0 saturated heterocycles. The van der Waals surface area contributed by atoms with Gasteiger partial charge in [-0.2, -0.15) is 0 Å². The first-order valence-electron chi connectivity index (χ1n) is 8.84. The van der Waals surface area contributed by atoms with Gasteiger partial charge in [0.2, 0.25) is 5.91 Å². The first kappa shape index (κ1) is 18.7. The van der Waals surface area contributed by atoms with Gasteiger partial charge in [0.25, 0.3) is 0 Å². The lowest BCUT2D eigenvalue weighted by molar-refractivity contribution is -0.136. The van der Waals surface area contributed by atoms with E-state index in [1.165, 1.54) is 4.88 Å². The number of benzene rings is 1. The molecule has 6 heteroatoms. The molecular formula is C20H26N2O3S. The number of rotatable bonds is 4. The molecule has 1 N–H and O–H groups in total. The van der Waals surface area contributed by atoms with Crippen LogP contribution in [0.5, 0.6) is 11.5 Å². The SMILES string of the molecule is Cc1ccc(-c2cc(O)c3c(c2)CN(C(=O)[C@H](C)CN(C)C)CCO3)s1. The summed E-state index contributed by atoms with van der Waals surface area (Å²) < 4.78 is 5.77. The van der Waals surface area contributed by atoms with E-state index < -0.39 is 0 Å². The van der Waals surface area contributed by atoms with Gasteiger partial charge in [-0.3, -0.25) is 4.79 Å². The van der Waals surface area contributed by atoms with Crippen LogP contribution in [0, 0.1) is 12.8 Å². The number of ether oxygens (including phenoxy) is 1. The Balaban J connectivity index is 1.88. The van der Waals surface area contributed by atoms with Crippen molar-refractivity contribution in [3.8, 4) is 21.9 Å². The van der Waals surface area contributed by atoms with Gasteiger partial charge in [0, 0.05) is 34.3 Å². The topological polar surface area (TPSA) is 53.0 Å². The summed E-state index contributed by atoms with van der Waals surface area (Å²) in [6, 6.07) is 7.90. The Morgan fingerprint density at radius 3 is 2.81 bits per heavy atom. The Kier molecular flexibility index (Phi) is 5.53. The molecule has 1 amide bonds. The van der Waals surface area contributed by atoms with Crippen molar-refractivity contribution in [2.75, 3.05) is 33.8 Å². The predicted octanol–water partition coefficient (Wildman–Crippen LogP) is 3.35. The van der Waals surface area contributed by atoms with Gasteiger partial charge in [-0.15, -0.1) is 11.3 Å². The summed E-state index contributed by atoms with van der Waals surface area (Å²) in [5.74, 6) is 0.673. The van der Waals surface area contributed by atoms with Crippen molar-refractivity contribution < 1.29 is 14.6 Å². The summed E-state index contributed by atoms with van der Waals surface area (Å²) in [6.45, 7) is 6.10. The van der Waals surface area contributed by atoms with Crippen molar-refractivity contribution in [1.82, 2.24) is 9.80 Å². The lowest BCUT2D eigenvalue weighted by atomic mass is 10.1. The van der Waals surface area contributed by atoms with Gasteiger partial charge in [0.05, 0.1) is 6.54 Å². The molecule has 1 aromatic heterocycles. The van der Waals surface area contributed by atoms with Gasteiger partial charge >= 0.3 is 0 Å². The Labute approximate surface area is 158 Å². The molecule has 0 saturated carbocycles. The third-order valence-electron chi connectivity index (χ3n) is 4.51. The van der Waals surface area contributed by atoms with Crippen molar-refractivity contribution in [3.63, 3.8) is 0 Å². The van der Waals surface area contributed by atoms with Crippen molar-refractivity contribution in [3.05, 3.63) is 34.7 Å². The van der Waals surface area contributed by atoms with E-state index in [1.807, 2.05) is 36.9 Å². The molecule has 0 bridgehead atoms. The summed E-state index contributed by atoms with van der Waals surface area (Å²) in [4.78, 5) is 19.0. The molecule has 0 aliphatic carbocycles. The minimum atomic E-state index is -0.0803. The Morgan fingerprint density at radius 2 is 2.15 bits per heavy atom. The number of phenols is 1. The average molecular weight is 375 g/mol. The number of carbonyl (C=O) groups is 1. The number of phenolic OH excluding ortho intramolecular Hbond substituents is 1. The zero-order chi connectivity index (χ0) is 18.8. The molecule has 26 heavy (non-hydrogen) atoms. The summed E-state index contributed by atoms with van der Waals surface area (Å²) in [5.41, 5.74) is 1.81. The van der Waals surface area contributed by atoms with Crippen LogP contribution in [0.15, 0.2) is 24.3 Å². The van der Waals surface area contributed by atoms with Gasteiger partial charge < -0.3 is 19.6 Å². The molecule has 2 aromatic rings. The summed E-state index contributed by atoms with van der Waals surface area (Å²) >= 11 is 1.69. The minimum absolute atomic E-state index is 0.0803. The highest BCUT2D eigenvalue weighted by atomic mass is 32.1. The molecule has 140 valence electrons. The number of carbonyl (C=O) groups excluding carboxylic acids is 1. The molecule has 2 heterocycles. The average Bonchev–Trinajstić information content (AvgIpc) is 2.88. The monoisotopic (exact) mass is 374 g/mol. The van der Waals surface area contributed by atoms with E-state index in [2.05, 4.69) is 19.1 Å². The standard InChI is InChI=1S/C20H26N2O3S/c1-13(11-21(3)4)20(24)22-7-8-25-19-16(12-22)9-15(10-17(19)23)18-6-5-14(2)26-18/h5-6,9-10,13,23H,7-8,11-12H2,1-4H3/t13-/m1/s1. The van der Waals surface area contributed by atoms with Crippen LogP contribution in [0.1, 0.15) is 17.4 Å². The first-order valence-corrected chi connectivity index (χ1v) is 9.66. The van der Waals surface area contributed by atoms with Gasteiger partial charge in [-0.05, 0) is 50.8 Å². The summed E-state index contributed by atoms with van der Waals surface area (Å²) in [7, 11) is 3.94. The van der Waals surface area contributed by atoms with Crippen LogP contribution in [0.25, 0.3) is 10.4 Å². The van der Waals surface area contributed by atoms with E-state index >= 15 is 0 Å². The third kappa shape index (κ3) is 4.02. The van der Waals surface area contributed by atoms with Crippen molar-refractivity contribution >= 4 is 17.2 Å². The highest BCUT2D eigenvalue weighted by molar-refractivity contribution is 7.15. The smallest absolute Gasteiger partial charge is 0.227 e. The largest absolute Gasteiger partial charge is 0.504 e. The maximum Gasteiger partial charge on any atom is 0.227 e. The number of aromatic hydroxyl groups is 1. The second kappa shape index (κ2) is 7.68. The van der Waals surface area contributed by atoms with Crippen LogP contribution in [0.2, 0.25) is 0 Å². The third-order valence-corrected chi connectivity index (χ3v) is 5.56. The van der Waals surface area contributed by atoms with Crippen LogP contribution >= 0.6 is 11.3 Å². The fourth-order valence-corrected chi connectivity index (χ4v) is 4.21. The van der Waals surface area contributed by atoms with Crippen LogP contribution < -0.4 is 4.74 Å². The normalized spacial score (nSPS) is 15.3. The van der Waals surface area contributed by atoms with E-state index in [1.54, 1.807) is 17.4 Å². The quantitative estimate of drug-likeness (QED) is 0.892. The van der Waals surface area contributed by atoms with E-state index in [0.29, 0.717) is 32.0 Å². The molecule has 0 radical (unpaired) electrons. The number of thiophene rings is 1. The van der Waals surface area contributed by atoms with Crippen LogP contribution in [-0.4, -0.2) is 54.6 Å². The summed E-state index contributed by atoms with van der Waals surface area (Å²) in [5, 5.41) is 10.5. The van der Waals surface area contributed by atoms with E-state index in [-0.39, 0.29) is 17.6 Å². The minimum Gasteiger partial charge on any atom is -0.504 e. The van der Waals surface area contributed by atoms with Crippen molar-refractivity contribution in [2.24, 2.45) is 5.92 Å². The Morgan fingerprint density at radius 1 is 1.38 bits per heavy atom. The van der Waals surface area contributed by atoms with Gasteiger partial charge in [0.1, 0.15) is 6.61 Å². The fourth-order valence-electron chi connectivity index (χ4n) is 3.36. The molecule has 1 aliphatic rings. The van der Waals surface area contributed by atoms with Crippen LogP contribution in [0.3, 0.4) is 0 Å². The van der Waals surface area contributed by atoms with Gasteiger partial charge in [-0.25, -0.2) is 0 Å². The van der Waals surface area contributed by atoms with Crippen LogP contribution in [0.4, 0.5) is 0 Å². The van der Waals surface area contributed by atoms with E-state index in [0.717, 1.165) is 16.0 Å². The number of amides is 1. The maximum atomic E-state index is 12.8. The lowest BCUT2D eigenvalue weighted by Gasteiger charge is -2.25. The zero-order valence-electron chi connectivity index (χ0n) is 15.8. The number of hydrogen-bond acceptors (Lipinski definition) is 5. The fraction of sp³-hybridized carbons (Fsp3) is 0.450. The van der Waals surface area contributed by atoms with Gasteiger partial charge in [0.15, 0.2) is 11.5 Å². The lowest BCUT2D eigenvalue weighted by Crippen LogP contribution is -2.39. The molecule has 1 aliphatic heterocycles. The summed E-state index contributed by atoms with van der Waals surface area (Å²) in [6.07, 6.45) is 0. The second-order valence-electron chi connectivity index (χ2n) is 7.17. The number of nitrogens with zero attached hydrogens (tertiary/aromatic N) is 2. The number of fused-ring (bicyclic) bond motifs is 1. The van der Waals surface area contributed by atoms with Gasteiger partial charge in [-0.1, -0.05) is 6.92 Å². The molecule has 0 unspecified atom stereocenters. The first-order chi connectivity index (χ1) is 12.3. The van der Waals surface area contributed by atoms with E-state index in [9.17, 15) is 9.90 Å². The molecule has 1 atom stereocenters. The van der Waals surface area contributed by atoms with E-state index in [4.69, 9.17) is 4.74 Å². The molecule has 0 spiro atoms. The highest BCUT2D eigenvalue weighted by Crippen LogP contribution is 2.39.